The second-order valence-electron chi connectivity index (χ2n) is 5.61. The van der Waals surface area contributed by atoms with Crippen molar-refractivity contribution in [3.63, 3.8) is 0 Å². The van der Waals surface area contributed by atoms with Gasteiger partial charge in [-0.2, -0.15) is 10.2 Å². The molecule has 25 heavy (non-hydrogen) atoms. The van der Waals surface area contributed by atoms with Crippen LogP contribution in [0.3, 0.4) is 0 Å². The van der Waals surface area contributed by atoms with Crippen LogP contribution in [0.5, 0.6) is 0 Å². The van der Waals surface area contributed by atoms with Crippen LogP contribution in [-0.4, -0.2) is 30.5 Å². The van der Waals surface area contributed by atoms with Crippen LogP contribution in [0.2, 0.25) is 10.0 Å². The van der Waals surface area contributed by atoms with Gasteiger partial charge in [0, 0.05) is 18.7 Å². The van der Waals surface area contributed by atoms with Gasteiger partial charge < -0.3 is 5.32 Å². The van der Waals surface area contributed by atoms with Gasteiger partial charge in [-0.05, 0) is 32.0 Å². The van der Waals surface area contributed by atoms with Crippen molar-refractivity contribution >= 4 is 34.9 Å². The molecule has 1 amide bonds. The fourth-order valence-electron chi connectivity index (χ4n) is 2.46. The molecular formula is C16H16Cl2N6O. The summed E-state index contributed by atoms with van der Waals surface area (Å²) >= 11 is 12.0. The third-order valence-corrected chi connectivity index (χ3v) is 4.26. The predicted octanol–water partition coefficient (Wildman–Crippen LogP) is 3.24. The largest absolute Gasteiger partial charge is 0.309 e. The third kappa shape index (κ3) is 3.83. The number of halogens is 2. The number of hydrogen-bond acceptors (Lipinski definition) is 4. The van der Waals surface area contributed by atoms with E-state index in [-0.39, 0.29) is 12.5 Å². The normalized spacial score (nSPS) is 10.9. The van der Waals surface area contributed by atoms with Crippen molar-refractivity contribution in [2.75, 3.05) is 5.32 Å². The average molecular weight is 379 g/mol. The minimum absolute atomic E-state index is 0.0145. The van der Waals surface area contributed by atoms with E-state index in [1.165, 1.54) is 4.68 Å². The SMILES string of the molecule is Cc1cc(NC(=O)Cn2nc(C)nc2-c2ccc(Cl)c(Cl)c2)n(C)n1. The molecule has 0 aliphatic carbocycles. The zero-order chi connectivity index (χ0) is 18.1. The minimum Gasteiger partial charge on any atom is -0.309 e. The molecule has 3 rings (SSSR count). The number of benzene rings is 1. The summed E-state index contributed by atoms with van der Waals surface area (Å²) in [6, 6.07) is 6.97. The number of nitrogens with zero attached hydrogens (tertiary/aromatic N) is 5. The van der Waals surface area contributed by atoms with Gasteiger partial charge in [0.25, 0.3) is 0 Å². The number of carbonyl (C=O) groups is 1. The molecule has 0 radical (unpaired) electrons. The maximum atomic E-state index is 12.4. The molecule has 0 aliphatic heterocycles. The van der Waals surface area contributed by atoms with Gasteiger partial charge in [-0.15, -0.1) is 0 Å². The average Bonchev–Trinajstić information content (AvgIpc) is 3.04. The number of hydrogen-bond donors (Lipinski definition) is 1. The Kier molecular flexibility index (Phi) is 4.78. The lowest BCUT2D eigenvalue weighted by molar-refractivity contribution is -0.116. The van der Waals surface area contributed by atoms with Crippen molar-refractivity contribution in [3.05, 3.63) is 45.8 Å². The first-order valence-electron chi connectivity index (χ1n) is 7.51. The molecule has 0 spiro atoms. The highest BCUT2D eigenvalue weighted by atomic mass is 35.5. The molecule has 130 valence electrons. The van der Waals surface area contributed by atoms with E-state index in [4.69, 9.17) is 23.2 Å². The lowest BCUT2D eigenvalue weighted by Gasteiger charge is -2.08. The van der Waals surface area contributed by atoms with Crippen LogP contribution in [0.4, 0.5) is 5.82 Å². The Morgan fingerprint density at radius 3 is 2.56 bits per heavy atom. The zero-order valence-electron chi connectivity index (χ0n) is 13.9. The summed E-state index contributed by atoms with van der Waals surface area (Å²) in [6.45, 7) is 3.64. The molecule has 0 fully saturated rings. The zero-order valence-corrected chi connectivity index (χ0v) is 15.4. The van der Waals surface area contributed by atoms with Gasteiger partial charge in [0.05, 0.1) is 15.7 Å². The first-order chi connectivity index (χ1) is 11.8. The number of amides is 1. The highest BCUT2D eigenvalue weighted by molar-refractivity contribution is 6.42. The molecule has 1 aromatic carbocycles. The summed E-state index contributed by atoms with van der Waals surface area (Å²) in [6.07, 6.45) is 0. The van der Waals surface area contributed by atoms with Crippen LogP contribution >= 0.6 is 23.2 Å². The predicted molar refractivity (Wildman–Crippen MR) is 96.8 cm³/mol. The quantitative estimate of drug-likeness (QED) is 0.755. The molecular weight excluding hydrogens is 363 g/mol. The van der Waals surface area contributed by atoms with Crippen molar-refractivity contribution in [1.29, 1.82) is 0 Å². The lowest BCUT2D eigenvalue weighted by atomic mass is 10.2. The molecule has 0 saturated heterocycles. The Morgan fingerprint density at radius 2 is 1.92 bits per heavy atom. The van der Waals surface area contributed by atoms with E-state index in [0.29, 0.717) is 27.5 Å². The van der Waals surface area contributed by atoms with Crippen molar-refractivity contribution < 1.29 is 4.79 Å². The Morgan fingerprint density at radius 1 is 1.16 bits per heavy atom. The molecule has 0 atom stereocenters. The second kappa shape index (κ2) is 6.85. The fraction of sp³-hybridized carbons (Fsp3) is 0.250. The van der Waals surface area contributed by atoms with Crippen LogP contribution in [0, 0.1) is 13.8 Å². The van der Waals surface area contributed by atoms with Crippen LogP contribution in [0.25, 0.3) is 11.4 Å². The summed E-state index contributed by atoms with van der Waals surface area (Å²) in [5, 5.41) is 12.2. The monoisotopic (exact) mass is 378 g/mol. The first-order valence-corrected chi connectivity index (χ1v) is 8.26. The highest BCUT2D eigenvalue weighted by Gasteiger charge is 2.15. The molecule has 0 unspecified atom stereocenters. The summed E-state index contributed by atoms with van der Waals surface area (Å²) in [7, 11) is 1.77. The fourth-order valence-corrected chi connectivity index (χ4v) is 2.76. The Balaban J connectivity index is 1.84. The maximum Gasteiger partial charge on any atom is 0.247 e. The molecule has 1 N–H and O–H groups in total. The number of aromatic nitrogens is 5. The Labute approximate surface area is 154 Å². The van der Waals surface area contributed by atoms with Gasteiger partial charge in [-0.1, -0.05) is 23.2 Å². The van der Waals surface area contributed by atoms with E-state index in [2.05, 4.69) is 20.5 Å². The van der Waals surface area contributed by atoms with Gasteiger partial charge in [-0.25, -0.2) is 9.67 Å². The minimum atomic E-state index is -0.228. The van der Waals surface area contributed by atoms with E-state index < -0.39 is 0 Å². The molecule has 9 heteroatoms. The maximum absolute atomic E-state index is 12.4. The highest BCUT2D eigenvalue weighted by Crippen LogP contribution is 2.27. The van der Waals surface area contributed by atoms with Crippen LogP contribution < -0.4 is 5.32 Å². The van der Waals surface area contributed by atoms with Crippen molar-refractivity contribution in [1.82, 2.24) is 24.5 Å². The van der Waals surface area contributed by atoms with E-state index >= 15 is 0 Å². The number of aryl methyl sites for hydroxylation is 3. The van der Waals surface area contributed by atoms with E-state index in [9.17, 15) is 4.79 Å². The molecule has 0 aliphatic rings. The smallest absolute Gasteiger partial charge is 0.247 e. The molecule has 2 aromatic heterocycles. The van der Waals surface area contributed by atoms with Gasteiger partial charge in [0.15, 0.2) is 5.82 Å². The van der Waals surface area contributed by atoms with E-state index in [1.807, 2.05) is 6.92 Å². The van der Waals surface area contributed by atoms with E-state index in [1.54, 1.807) is 42.9 Å². The first kappa shape index (κ1) is 17.4. The van der Waals surface area contributed by atoms with Gasteiger partial charge in [0.2, 0.25) is 5.91 Å². The molecule has 3 aromatic rings. The van der Waals surface area contributed by atoms with Crippen molar-refractivity contribution in [3.8, 4) is 11.4 Å². The van der Waals surface area contributed by atoms with Gasteiger partial charge >= 0.3 is 0 Å². The van der Waals surface area contributed by atoms with Crippen molar-refractivity contribution in [2.45, 2.75) is 20.4 Å². The Bertz CT molecular complexity index is 946. The Hall–Kier alpha value is -2.38. The number of carbonyl (C=O) groups excluding carboxylic acids is 1. The summed E-state index contributed by atoms with van der Waals surface area (Å²) in [5.41, 5.74) is 1.56. The van der Waals surface area contributed by atoms with Crippen LogP contribution in [-0.2, 0) is 18.4 Å². The molecule has 2 heterocycles. The summed E-state index contributed by atoms with van der Waals surface area (Å²) in [4.78, 5) is 16.8. The number of anilines is 1. The van der Waals surface area contributed by atoms with Gasteiger partial charge in [-0.3, -0.25) is 9.48 Å². The topological polar surface area (TPSA) is 77.6 Å². The summed E-state index contributed by atoms with van der Waals surface area (Å²) in [5.74, 6) is 1.50. The lowest BCUT2D eigenvalue weighted by Crippen LogP contribution is -2.21. The van der Waals surface area contributed by atoms with Gasteiger partial charge in [0.1, 0.15) is 18.2 Å². The molecule has 7 nitrogen and oxygen atoms in total. The number of rotatable bonds is 4. The summed E-state index contributed by atoms with van der Waals surface area (Å²) < 4.78 is 3.15. The third-order valence-electron chi connectivity index (χ3n) is 3.52. The van der Waals surface area contributed by atoms with Crippen LogP contribution in [0.1, 0.15) is 11.5 Å². The number of nitrogens with one attached hydrogen (secondary N) is 1. The second-order valence-corrected chi connectivity index (χ2v) is 6.43. The standard InChI is InChI=1S/C16H16Cl2N6O/c1-9-6-14(23(3)21-9)20-15(25)8-24-16(19-10(2)22-24)11-4-5-12(17)13(18)7-11/h4-7H,8H2,1-3H3,(H,20,25). The molecule has 0 bridgehead atoms. The van der Waals surface area contributed by atoms with E-state index in [0.717, 1.165) is 11.3 Å². The molecule has 0 saturated carbocycles. The van der Waals surface area contributed by atoms with Crippen LogP contribution in [0.15, 0.2) is 24.3 Å². The van der Waals surface area contributed by atoms with Crippen molar-refractivity contribution in [2.24, 2.45) is 7.05 Å².